The van der Waals surface area contributed by atoms with Crippen LogP contribution in [-0.2, 0) is 5.41 Å². The van der Waals surface area contributed by atoms with Crippen molar-refractivity contribution >= 4 is 22.6 Å². The Morgan fingerprint density at radius 1 is 1.27 bits per heavy atom. The normalized spacial score (nSPS) is 15.7. The summed E-state index contributed by atoms with van der Waals surface area (Å²) in [5.41, 5.74) is 3.49. The summed E-state index contributed by atoms with van der Waals surface area (Å²) >= 11 is 6.34. The molecule has 1 saturated carbocycles. The van der Waals surface area contributed by atoms with Crippen LogP contribution in [0.25, 0.3) is 16.7 Å². The van der Waals surface area contributed by atoms with Crippen LogP contribution in [0.1, 0.15) is 30.9 Å². The maximum Gasteiger partial charge on any atom is 0.149 e. The minimum absolute atomic E-state index is 0.138. The minimum Gasteiger partial charge on any atom is -0.300 e. The molecule has 1 aliphatic carbocycles. The van der Waals surface area contributed by atoms with Gasteiger partial charge in [-0.3, -0.25) is 4.57 Å². The molecule has 108 valence electrons. The Hall–Kier alpha value is -2.38. The highest BCUT2D eigenvalue weighted by Gasteiger charge is 2.42. The van der Waals surface area contributed by atoms with Gasteiger partial charge in [0.2, 0.25) is 0 Å². The number of hydrogen-bond donors (Lipinski definition) is 0. The molecule has 0 radical (unpaired) electrons. The molecule has 0 saturated heterocycles. The summed E-state index contributed by atoms with van der Waals surface area (Å²) in [6, 6.07) is 9.75. The van der Waals surface area contributed by atoms with Crippen LogP contribution in [0.15, 0.2) is 36.8 Å². The molecular weight excluding hydrogens is 296 g/mol. The molecule has 0 atom stereocenters. The topological polar surface area (TPSA) is 54.5 Å². The molecule has 0 unspecified atom stereocenters. The van der Waals surface area contributed by atoms with Gasteiger partial charge in [0.05, 0.1) is 16.6 Å². The maximum atomic E-state index is 9.36. The number of halogens is 1. The molecule has 0 spiro atoms. The predicted octanol–water partition coefficient (Wildman–Crippen LogP) is 4.00. The molecular formula is C17H13ClN4. The van der Waals surface area contributed by atoms with Gasteiger partial charge in [0.1, 0.15) is 23.2 Å². The fraction of sp³-hybridized carbons (Fsp3) is 0.235. The van der Waals surface area contributed by atoms with Crippen molar-refractivity contribution in [2.24, 2.45) is 0 Å². The van der Waals surface area contributed by atoms with Gasteiger partial charge >= 0.3 is 0 Å². The summed E-state index contributed by atoms with van der Waals surface area (Å²) in [7, 11) is 0. The van der Waals surface area contributed by atoms with Gasteiger partial charge in [0, 0.05) is 6.20 Å². The van der Waals surface area contributed by atoms with E-state index in [9.17, 15) is 5.26 Å². The van der Waals surface area contributed by atoms with E-state index < -0.39 is 0 Å². The summed E-state index contributed by atoms with van der Waals surface area (Å²) in [4.78, 5) is 8.55. The molecule has 2 aromatic heterocycles. The van der Waals surface area contributed by atoms with Crippen LogP contribution in [0.5, 0.6) is 0 Å². The van der Waals surface area contributed by atoms with Gasteiger partial charge in [-0.05, 0) is 36.0 Å². The lowest BCUT2D eigenvalue weighted by atomic mass is 9.99. The lowest BCUT2D eigenvalue weighted by Gasteiger charge is -2.06. The Kier molecular flexibility index (Phi) is 2.75. The smallest absolute Gasteiger partial charge is 0.149 e. The number of hydrogen-bond acceptors (Lipinski definition) is 3. The summed E-state index contributed by atoms with van der Waals surface area (Å²) in [5, 5.41) is 10.7. The zero-order chi connectivity index (χ0) is 15.3. The van der Waals surface area contributed by atoms with Crippen molar-refractivity contribution in [3.8, 4) is 11.8 Å². The van der Waals surface area contributed by atoms with Gasteiger partial charge in [-0.25, -0.2) is 9.97 Å². The monoisotopic (exact) mass is 308 g/mol. The SMILES string of the molecule is CC1(c2cn(-c3ccccc3C#N)c3ncnc(Cl)c23)CC1. The Morgan fingerprint density at radius 3 is 2.77 bits per heavy atom. The lowest BCUT2D eigenvalue weighted by molar-refractivity contribution is 0.792. The van der Waals surface area contributed by atoms with E-state index in [0.717, 1.165) is 29.6 Å². The van der Waals surface area contributed by atoms with Gasteiger partial charge < -0.3 is 0 Å². The number of nitrogens with zero attached hydrogens (tertiary/aromatic N) is 4. The third-order valence-corrected chi connectivity index (χ3v) is 4.76. The van der Waals surface area contributed by atoms with Crippen molar-refractivity contribution in [2.45, 2.75) is 25.2 Å². The van der Waals surface area contributed by atoms with Crippen molar-refractivity contribution in [1.82, 2.24) is 14.5 Å². The number of rotatable bonds is 2. The van der Waals surface area contributed by atoms with Gasteiger partial charge in [-0.15, -0.1) is 0 Å². The second-order valence-electron chi connectivity index (χ2n) is 5.97. The Labute approximate surface area is 133 Å². The molecule has 22 heavy (non-hydrogen) atoms. The average molecular weight is 309 g/mol. The highest BCUT2D eigenvalue weighted by molar-refractivity contribution is 6.34. The molecule has 3 aromatic rings. The van der Waals surface area contributed by atoms with Crippen molar-refractivity contribution in [3.63, 3.8) is 0 Å². The molecule has 0 N–H and O–H groups in total. The molecule has 0 aliphatic heterocycles. The summed E-state index contributed by atoms with van der Waals surface area (Å²) in [6.07, 6.45) is 5.80. The van der Waals surface area contributed by atoms with E-state index in [4.69, 9.17) is 11.6 Å². The average Bonchev–Trinajstić information content (AvgIpc) is 3.15. The molecule has 1 aliphatic rings. The Balaban J connectivity index is 2.08. The Morgan fingerprint density at radius 2 is 2.05 bits per heavy atom. The van der Waals surface area contributed by atoms with Gasteiger partial charge in [-0.2, -0.15) is 5.26 Å². The minimum atomic E-state index is 0.138. The van der Waals surface area contributed by atoms with Crippen LogP contribution in [0, 0.1) is 11.3 Å². The second kappa shape index (κ2) is 4.56. The van der Waals surface area contributed by atoms with Gasteiger partial charge in [-0.1, -0.05) is 30.7 Å². The first-order valence-corrected chi connectivity index (χ1v) is 7.53. The molecule has 1 fully saturated rings. The first-order chi connectivity index (χ1) is 10.6. The zero-order valence-corrected chi connectivity index (χ0v) is 12.8. The van der Waals surface area contributed by atoms with E-state index in [1.807, 2.05) is 28.8 Å². The van der Waals surface area contributed by atoms with E-state index in [-0.39, 0.29) is 5.41 Å². The van der Waals surface area contributed by atoms with E-state index >= 15 is 0 Å². The number of nitriles is 1. The lowest BCUT2D eigenvalue weighted by Crippen LogP contribution is -1.99. The second-order valence-corrected chi connectivity index (χ2v) is 6.32. The summed E-state index contributed by atoms with van der Waals surface area (Å²) in [5.74, 6) is 0. The molecule has 0 amide bonds. The van der Waals surface area contributed by atoms with E-state index in [0.29, 0.717) is 10.7 Å². The number of fused-ring (bicyclic) bond motifs is 1. The van der Waals surface area contributed by atoms with Crippen LogP contribution < -0.4 is 0 Å². The molecule has 2 heterocycles. The van der Waals surface area contributed by atoms with E-state index in [1.165, 1.54) is 11.9 Å². The first kappa shape index (κ1) is 13.3. The number of benzene rings is 1. The molecule has 0 bridgehead atoms. The third-order valence-electron chi connectivity index (χ3n) is 4.47. The number of aromatic nitrogens is 3. The highest BCUT2D eigenvalue weighted by atomic mass is 35.5. The largest absolute Gasteiger partial charge is 0.300 e. The number of para-hydroxylation sites is 1. The van der Waals surface area contributed by atoms with Crippen molar-refractivity contribution < 1.29 is 0 Å². The van der Waals surface area contributed by atoms with Crippen molar-refractivity contribution in [1.29, 1.82) is 5.26 Å². The summed E-state index contributed by atoms with van der Waals surface area (Å²) < 4.78 is 1.96. The van der Waals surface area contributed by atoms with Crippen LogP contribution >= 0.6 is 11.6 Å². The fourth-order valence-electron chi connectivity index (χ4n) is 2.90. The predicted molar refractivity (Wildman–Crippen MR) is 85.2 cm³/mol. The van der Waals surface area contributed by atoms with Gasteiger partial charge in [0.25, 0.3) is 0 Å². The standard InChI is InChI=1S/C17H13ClN4/c1-17(6-7-17)12-9-22(13-5-3-2-4-11(13)8-19)16-14(12)15(18)20-10-21-16/h2-5,9-10H,6-7H2,1H3. The molecule has 4 rings (SSSR count). The van der Waals surface area contributed by atoms with Crippen LogP contribution in [0.2, 0.25) is 5.15 Å². The summed E-state index contributed by atoms with van der Waals surface area (Å²) in [6.45, 7) is 2.23. The fourth-order valence-corrected chi connectivity index (χ4v) is 3.13. The van der Waals surface area contributed by atoms with Crippen molar-refractivity contribution in [2.75, 3.05) is 0 Å². The molecule has 4 nitrogen and oxygen atoms in total. The zero-order valence-electron chi connectivity index (χ0n) is 12.0. The van der Waals surface area contributed by atoms with Crippen molar-refractivity contribution in [3.05, 3.63) is 53.1 Å². The Bertz CT molecular complexity index is 931. The van der Waals surface area contributed by atoms with Crippen LogP contribution in [-0.4, -0.2) is 14.5 Å². The third kappa shape index (κ3) is 1.83. The van der Waals surface area contributed by atoms with Crippen LogP contribution in [0.4, 0.5) is 0 Å². The van der Waals surface area contributed by atoms with E-state index in [2.05, 4.69) is 29.2 Å². The molecule has 5 heteroatoms. The molecule has 1 aromatic carbocycles. The quantitative estimate of drug-likeness (QED) is 0.672. The highest BCUT2D eigenvalue weighted by Crippen LogP contribution is 2.51. The van der Waals surface area contributed by atoms with E-state index in [1.54, 1.807) is 0 Å². The van der Waals surface area contributed by atoms with Gasteiger partial charge in [0.15, 0.2) is 0 Å². The maximum absolute atomic E-state index is 9.36. The van der Waals surface area contributed by atoms with Crippen LogP contribution in [0.3, 0.4) is 0 Å². The first-order valence-electron chi connectivity index (χ1n) is 7.15.